The van der Waals surface area contributed by atoms with Crippen molar-refractivity contribution in [2.45, 2.75) is 42.8 Å². The van der Waals surface area contributed by atoms with E-state index in [1.165, 1.54) is 23.0 Å². The van der Waals surface area contributed by atoms with Crippen molar-refractivity contribution in [2.24, 2.45) is 0 Å². The number of ether oxygens (including phenoxy) is 2. The number of hydroxylamine groups is 2. The van der Waals surface area contributed by atoms with Crippen LogP contribution < -0.4 is 19.6 Å². The first kappa shape index (κ1) is 36.6. The van der Waals surface area contributed by atoms with Gasteiger partial charge in [0.05, 0.1) is 17.1 Å². The van der Waals surface area contributed by atoms with Gasteiger partial charge in [-0.15, -0.1) is 5.06 Å². The molecule has 1 heterocycles. The summed E-state index contributed by atoms with van der Waals surface area (Å²) in [5.41, 5.74) is 4.77. The van der Waals surface area contributed by atoms with Crippen molar-refractivity contribution in [1.29, 1.82) is 0 Å². The van der Waals surface area contributed by atoms with Crippen LogP contribution >= 0.6 is 23.5 Å². The number of hydrogen-bond acceptors (Lipinski definition) is 9. The van der Waals surface area contributed by atoms with Gasteiger partial charge in [0.1, 0.15) is 24.2 Å². The van der Waals surface area contributed by atoms with E-state index in [1.807, 2.05) is 104 Å². The van der Waals surface area contributed by atoms with Crippen LogP contribution in [-0.2, 0) is 28.9 Å². The molecular formula is C39H40N2O7S2. The maximum Gasteiger partial charge on any atom is 0.286 e. The number of thioether (sulfide) groups is 2. The zero-order valence-electron chi connectivity index (χ0n) is 28.0. The predicted molar refractivity (Wildman–Crippen MR) is 197 cm³/mol. The molecule has 4 aromatic rings. The summed E-state index contributed by atoms with van der Waals surface area (Å²) in [7, 11) is 0. The minimum atomic E-state index is -0.731. The van der Waals surface area contributed by atoms with E-state index in [9.17, 15) is 19.5 Å². The smallest absolute Gasteiger partial charge is 0.286 e. The van der Waals surface area contributed by atoms with Gasteiger partial charge in [-0.1, -0.05) is 84.6 Å². The highest BCUT2D eigenvalue weighted by Crippen LogP contribution is 2.25. The lowest BCUT2D eigenvalue weighted by molar-refractivity contribution is -0.147. The van der Waals surface area contributed by atoms with Crippen molar-refractivity contribution >= 4 is 40.6 Å². The minimum Gasteiger partial charge on any atom is -0.493 e. The average molecular weight is 713 g/mol. The van der Waals surface area contributed by atoms with Gasteiger partial charge in [-0.25, -0.2) is 0 Å². The number of amides is 3. The third-order valence-electron chi connectivity index (χ3n) is 8.00. The second kappa shape index (κ2) is 17.8. The van der Waals surface area contributed by atoms with Gasteiger partial charge in [-0.05, 0) is 84.7 Å². The fourth-order valence-electron chi connectivity index (χ4n) is 5.29. The fourth-order valence-corrected chi connectivity index (χ4v) is 6.82. The van der Waals surface area contributed by atoms with Crippen molar-refractivity contribution in [3.8, 4) is 17.2 Å². The van der Waals surface area contributed by atoms with E-state index in [4.69, 9.17) is 14.3 Å². The summed E-state index contributed by atoms with van der Waals surface area (Å²) < 4.78 is 11.7. The Morgan fingerprint density at radius 3 is 2.30 bits per heavy atom. The van der Waals surface area contributed by atoms with Crippen LogP contribution in [0.4, 0.5) is 4.79 Å². The molecule has 4 aromatic carbocycles. The number of carbonyl (C=O) groups excluding carboxylic acids is 3. The number of hydrogen-bond donors (Lipinski definition) is 2. The molecule has 3 amide bonds. The molecule has 3 unspecified atom stereocenters. The summed E-state index contributed by atoms with van der Waals surface area (Å²) in [6.07, 6.45) is 4.09. The molecule has 2 N–H and O–H groups in total. The number of benzene rings is 4. The van der Waals surface area contributed by atoms with Crippen LogP contribution in [-0.4, -0.2) is 57.2 Å². The third-order valence-corrected chi connectivity index (χ3v) is 9.91. The monoisotopic (exact) mass is 712 g/mol. The molecule has 0 aliphatic carbocycles. The molecule has 9 nitrogen and oxygen atoms in total. The Balaban J connectivity index is 1.08. The molecule has 1 saturated heterocycles. The van der Waals surface area contributed by atoms with E-state index in [2.05, 4.69) is 11.9 Å². The second-order valence-corrected chi connectivity index (χ2v) is 13.9. The Hall–Kier alpha value is -4.71. The van der Waals surface area contributed by atoms with Crippen LogP contribution in [0.15, 0.2) is 110 Å². The Morgan fingerprint density at radius 2 is 1.64 bits per heavy atom. The summed E-state index contributed by atoms with van der Waals surface area (Å²) >= 11 is 2.45. The van der Waals surface area contributed by atoms with Gasteiger partial charge in [0.15, 0.2) is 5.75 Å². The van der Waals surface area contributed by atoms with Crippen LogP contribution in [0.1, 0.15) is 33.9 Å². The first-order valence-electron chi connectivity index (χ1n) is 16.2. The highest BCUT2D eigenvalue weighted by Gasteiger charge is 2.31. The summed E-state index contributed by atoms with van der Waals surface area (Å²) in [6.45, 7) is 6.34. The van der Waals surface area contributed by atoms with E-state index < -0.39 is 16.6 Å². The second-order valence-electron chi connectivity index (χ2n) is 11.7. The number of aliphatic hydroxyl groups excluding tert-OH is 1. The van der Waals surface area contributed by atoms with E-state index in [1.54, 1.807) is 6.07 Å². The number of aliphatic hydroxyl groups is 1. The van der Waals surface area contributed by atoms with Gasteiger partial charge in [-0.2, -0.15) is 11.8 Å². The number of nitrogens with zero attached hydrogens (tertiary/aromatic N) is 1. The lowest BCUT2D eigenvalue weighted by Crippen LogP contribution is -2.37. The summed E-state index contributed by atoms with van der Waals surface area (Å²) in [5.74, 6) is 1.35. The normalized spacial score (nSPS) is 15.1. The number of nitrogens with one attached hydrogen (secondary N) is 1. The molecule has 0 aromatic heterocycles. The van der Waals surface area contributed by atoms with Crippen molar-refractivity contribution < 1.29 is 33.8 Å². The van der Waals surface area contributed by atoms with E-state index in [0.717, 1.165) is 39.6 Å². The molecule has 50 heavy (non-hydrogen) atoms. The molecule has 0 saturated carbocycles. The van der Waals surface area contributed by atoms with Crippen molar-refractivity contribution in [3.05, 3.63) is 138 Å². The van der Waals surface area contributed by atoms with E-state index in [-0.39, 0.29) is 23.7 Å². The number of rotatable bonds is 17. The van der Waals surface area contributed by atoms with Gasteiger partial charge in [0, 0.05) is 12.6 Å². The van der Waals surface area contributed by atoms with Crippen molar-refractivity contribution in [3.63, 3.8) is 0 Å². The zero-order valence-corrected chi connectivity index (χ0v) is 29.6. The molecular weight excluding hydrogens is 673 g/mol. The van der Waals surface area contributed by atoms with E-state index in [0.29, 0.717) is 43.1 Å². The number of imide groups is 1. The molecule has 0 spiro atoms. The SMILES string of the molecule is C=CN(Oc1cccc(CCOc2ccc(CC3SC(=O)NC3=O)cc2)c1)C(=O)C(Cc1ccc(OCC(O)c2cccc(C)c2)cc1)SC. The van der Waals surface area contributed by atoms with Crippen LogP contribution in [0.2, 0.25) is 0 Å². The number of carbonyl (C=O) groups is 3. The lowest BCUT2D eigenvalue weighted by Gasteiger charge is -2.23. The maximum absolute atomic E-state index is 13.5. The maximum atomic E-state index is 13.5. The topological polar surface area (TPSA) is 114 Å². The standard InChI is InChI=1S/C39H40N2O7S2/c1-4-41(38(44)36(49-3)24-29-13-17-32(18-14-29)47-25-34(42)30-9-5-7-26(2)21-30)48-33-10-6-8-27(22-33)19-20-46-31-15-11-28(12-16-31)23-35-37(43)40-39(45)50-35/h4-18,21-22,34-36,42H,1,19-20,23-25H2,2-3H3,(H,40,43,45). The van der Waals surface area contributed by atoms with Gasteiger partial charge >= 0.3 is 0 Å². The van der Waals surface area contributed by atoms with Crippen LogP contribution in [0, 0.1) is 6.92 Å². The average Bonchev–Trinajstić information content (AvgIpc) is 3.45. The minimum absolute atomic E-state index is 0.136. The third kappa shape index (κ3) is 10.4. The Labute approximate surface area is 301 Å². The van der Waals surface area contributed by atoms with Crippen molar-refractivity contribution in [2.75, 3.05) is 19.5 Å². The lowest BCUT2D eigenvalue weighted by atomic mass is 10.1. The number of aryl methyl sites for hydroxylation is 1. The highest BCUT2D eigenvalue weighted by atomic mass is 32.2. The molecule has 260 valence electrons. The molecule has 1 fully saturated rings. The Kier molecular flexibility index (Phi) is 13.0. The quantitative estimate of drug-likeness (QED) is 0.113. The molecule has 0 radical (unpaired) electrons. The predicted octanol–water partition coefficient (Wildman–Crippen LogP) is 6.86. The van der Waals surface area contributed by atoms with Crippen molar-refractivity contribution in [1.82, 2.24) is 10.4 Å². The molecule has 0 bridgehead atoms. The zero-order chi connectivity index (χ0) is 35.5. The van der Waals surface area contributed by atoms with Crippen LogP contribution in [0.5, 0.6) is 17.2 Å². The highest BCUT2D eigenvalue weighted by molar-refractivity contribution is 8.15. The largest absolute Gasteiger partial charge is 0.493 e. The van der Waals surface area contributed by atoms with Gasteiger partial charge < -0.3 is 19.4 Å². The van der Waals surface area contributed by atoms with Gasteiger partial charge in [0.25, 0.3) is 11.1 Å². The fraction of sp³-hybridized carbons (Fsp3) is 0.256. The molecule has 3 atom stereocenters. The summed E-state index contributed by atoms with van der Waals surface area (Å²) in [4.78, 5) is 42.7. The summed E-state index contributed by atoms with van der Waals surface area (Å²) in [5, 5.41) is 12.8. The van der Waals surface area contributed by atoms with Gasteiger partial charge in [-0.3, -0.25) is 19.7 Å². The first-order valence-corrected chi connectivity index (χ1v) is 18.3. The van der Waals surface area contributed by atoms with E-state index >= 15 is 0 Å². The first-order chi connectivity index (χ1) is 24.2. The summed E-state index contributed by atoms with van der Waals surface area (Å²) in [6, 6.07) is 30.2. The molecule has 1 aliphatic rings. The van der Waals surface area contributed by atoms with Crippen LogP contribution in [0.3, 0.4) is 0 Å². The molecule has 1 aliphatic heterocycles. The Bertz CT molecular complexity index is 1780. The van der Waals surface area contributed by atoms with Gasteiger partial charge in [0.2, 0.25) is 5.91 Å². The Morgan fingerprint density at radius 1 is 0.940 bits per heavy atom. The molecule has 11 heteroatoms. The molecule has 5 rings (SSSR count). The van der Waals surface area contributed by atoms with Crippen LogP contribution in [0.25, 0.3) is 0 Å².